The molecule has 1 aromatic carbocycles. The van der Waals surface area contributed by atoms with Crippen LogP contribution in [0.4, 0.5) is 8.78 Å². The largest absolute Gasteiger partial charge is 0.374 e. The number of ether oxygens (including phenoxy) is 1. The van der Waals surface area contributed by atoms with Crippen LogP contribution in [0.5, 0.6) is 0 Å². The fourth-order valence-electron chi connectivity index (χ4n) is 3.45. The molecule has 2 aliphatic heterocycles. The molecule has 0 radical (unpaired) electrons. The van der Waals surface area contributed by atoms with Crippen molar-refractivity contribution in [1.82, 2.24) is 5.43 Å². The Hall–Kier alpha value is -0.690. The van der Waals surface area contributed by atoms with Gasteiger partial charge in [-0.1, -0.05) is 6.07 Å². The van der Waals surface area contributed by atoms with Gasteiger partial charge in [0, 0.05) is 24.0 Å². The maximum absolute atomic E-state index is 14.0. The van der Waals surface area contributed by atoms with E-state index >= 15 is 0 Å². The third-order valence-corrected chi connectivity index (χ3v) is 5.77. The average Bonchev–Trinajstić information content (AvgIpc) is 2.90. The first-order valence-electron chi connectivity index (χ1n) is 7.26. The van der Waals surface area contributed by atoms with Gasteiger partial charge in [0.15, 0.2) is 0 Å². The first-order valence-corrected chi connectivity index (χ1v) is 8.42. The molecule has 3 unspecified atom stereocenters. The van der Waals surface area contributed by atoms with E-state index in [0.717, 1.165) is 36.8 Å². The van der Waals surface area contributed by atoms with Crippen LogP contribution in [0.15, 0.2) is 18.2 Å². The maximum atomic E-state index is 14.0. The summed E-state index contributed by atoms with van der Waals surface area (Å²) in [5.74, 6) is 6.86. The van der Waals surface area contributed by atoms with Gasteiger partial charge >= 0.3 is 0 Å². The van der Waals surface area contributed by atoms with E-state index in [2.05, 4.69) is 5.43 Å². The lowest BCUT2D eigenvalue weighted by Gasteiger charge is -2.40. The number of hydrogen-bond donors (Lipinski definition) is 2. The third-order valence-electron chi connectivity index (χ3n) is 4.55. The first-order chi connectivity index (χ1) is 10.1. The fraction of sp³-hybridized carbons (Fsp3) is 0.600. The molecule has 3 rings (SSSR count). The van der Waals surface area contributed by atoms with Gasteiger partial charge in [-0.2, -0.15) is 11.8 Å². The second kappa shape index (κ2) is 6.20. The summed E-state index contributed by atoms with van der Waals surface area (Å²) in [5.41, 5.74) is 3.08. The molecule has 0 aliphatic carbocycles. The van der Waals surface area contributed by atoms with E-state index < -0.39 is 11.6 Å². The second-order valence-corrected chi connectivity index (χ2v) is 7.00. The zero-order valence-electron chi connectivity index (χ0n) is 11.8. The molecule has 21 heavy (non-hydrogen) atoms. The van der Waals surface area contributed by atoms with Gasteiger partial charge in [0.1, 0.15) is 11.6 Å². The van der Waals surface area contributed by atoms with Gasteiger partial charge in [-0.05, 0) is 37.0 Å². The Morgan fingerprint density at radius 3 is 2.95 bits per heavy atom. The van der Waals surface area contributed by atoms with Gasteiger partial charge < -0.3 is 4.74 Å². The Labute approximate surface area is 127 Å². The van der Waals surface area contributed by atoms with E-state index in [9.17, 15) is 8.78 Å². The Balaban J connectivity index is 1.82. The van der Waals surface area contributed by atoms with Crippen molar-refractivity contribution in [3.63, 3.8) is 0 Å². The van der Waals surface area contributed by atoms with Crippen LogP contribution >= 0.6 is 11.8 Å². The highest BCUT2D eigenvalue weighted by atomic mass is 32.2. The quantitative estimate of drug-likeness (QED) is 0.665. The lowest BCUT2D eigenvalue weighted by Crippen LogP contribution is -2.45. The van der Waals surface area contributed by atoms with Crippen molar-refractivity contribution in [3.05, 3.63) is 35.4 Å². The fourth-order valence-corrected chi connectivity index (χ4v) is 4.83. The van der Waals surface area contributed by atoms with Crippen LogP contribution in [0.3, 0.4) is 0 Å². The van der Waals surface area contributed by atoms with Gasteiger partial charge in [-0.25, -0.2) is 8.78 Å². The molecular weight excluding hydrogens is 294 g/mol. The van der Waals surface area contributed by atoms with Crippen LogP contribution < -0.4 is 11.3 Å². The SMILES string of the molecule is NNC(c1ccc(F)cc1F)C1CCOC2(CCSC2)C1. The number of nitrogens with one attached hydrogen (secondary N) is 1. The topological polar surface area (TPSA) is 47.3 Å². The minimum absolute atomic E-state index is 0.0841. The Kier molecular flexibility index (Phi) is 4.49. The Bertz CT molecular complexity index is 508. The lowest BCUT2D eigenvalue weighted by molar-refractivity contribution is -0.0856. The average molecular weight is 314 g/mol. The molecule has 0 saturated carbocycles. The zero-order valence-corrected chi connectivity index (χ0v) is 12.6. The number of hydrogen-bond acceptors (Lipinski definition) is 4. The van der Waals surface area contributed by atoms with Crippen molar-refractivity contribution in [1.29, 1.82) is 0 Å². The van der Waals surface area contributed by atoms with Gasteiger partial charge in [0.25, 0.3) is 0 Å². The molecule has 3 atom stereocenters. The standard InChI is InChI=1S/C15H20F2N2OS/c16-11-1-2-12(13(17)7-11)14(19-18)10-3-5-20-15(8-10)4-6-21-9-15/h1-2,7,10,14,19H,3-6,8-9,18H2. The molecule has 1 aromatic rings. The molecule has 3 nitrogen and oxygen atoms in total. The van der Waals surface area contributed by atoms with Gasteiger partial charge in [-0.3, -0.25) is 11.3 Å². The molecule has 1 spiro atoms. The van der Waals surface area contributed by atoms with E-state index in [0.29, 0.717) is 12.2 Å². The first kappa shape index (κ1) is 15.2. The second-order valence-electron chi connectivity index (χ2n) is 5.90. The van der Waals surface area contributed by atoms with Crippen LogP contribution in [0.1, 0.15) is 30.9 Å². The highest BCUT2D eigenvalue weighted by molar-refractivity contribution is 7.99. The molecule has 0 aromatic heterocycles. The number of nitrogens with two attached hydrogens (primary N) is 1. The lowest BCUT2D eigenvalue weighted by atomic mass is 9.79. The molecule has 3 N–H and O–H groups in total. The van der Waals surface area contributed by atoms with Crippen molar-refractivity contribution in [2.75, 3.05) is 18.1 Å². The van der Waals surface area contributed by atoms with Gasteiger partial charge in [0.05, 0.1) is 11.6 Å². The highest BCUT2D eigenvalue weighted by Gasteiger charge is 2.43. The molecular formula is C15H20F2N2OS. The molecule has 116 valence electrons. The van der Waals surface area contributed by atoms with Crippen molar-refractivity contribution in [2.24, 2.45) is 11.8 Å². The van der Waals surface area contributed by atoms with Gasteiger partial charge in [-0.15, -0.1) is 0 Å². The summed E-state index contributed by atoms with van der Waals surface area (Å²) < 4.78 is 33.1. The van der Waals surface area contributed by atoms with Crippen LogP contribution in [-0.2, 0) is 4.74 Å². The zero-order chi connectivity index (χ0) is 14.9. The predicted octanol–water partition coefficient (Wildman–Crippen LogP) is 2.77. The number of thioether (sulfide) groups is 1. The molecule has 2 saturated heterocycles. The van der Waals surface area contributed by atoms with Crippen molar-refractivity contribution in [2.45, 2.75) is 30.9 Å². The molecule has 6 heteroatoms. The maximum Gasteiger partial charge on any atom is 0.130 e. The summed E-state index contributed by atoms with van der Waals surface area (Å²) in [6, 6.07) is 3.38. The number of benzene rings is 1. The summed E-state index contributed by atoms with van der Waals surface area (Å²) in [7, 11) is 0. The monoisotopic (exact) mass is 314 g/mol. The Morgan fingerprint density at radius 2 is 2.29 bits per heavy atom. The Morgan fingerprint density at radius 1 is 1.43 bits per heavy atom. The number of halogens is 2. The minimum Gasteiger partial charge on any atom is -0.374 e. The third kappa shape index (κ3) is 3.08. The van der Waals surface area contributed by atoms with Crippen LogP contribution in [0.2, 0.25) is 0 Å². The van der Waals surface area contributed by atoms with E-state index in [1.54, 1.807) is 0 Å². The highest BCUT2D eigenvalue weighted by Crippen LogP contribution is 2.44. The summed E-state index contributed by atoms with van der Waals surface area (Å²) in [4.78, 5) is 0. The molecule has 2 heterocycles. The van der Waals surface area contributed by atoms with E-state index in [-0.39, 0.29) is 17.6 Å². The molecule has 2 fully saturated rings. The van der Waals surface area contributed by atoms with Crippen LogP contribution in [-0.4, -0.2) is 23.7 Å². The van der Waals surface area contributed by atoms with Crippen molar-refractivity contribution < 1.29 is 13.5 Å². The van der Waals surface area contributed by atoms with Gasteiger partial charge in [0.2, 0.25) is 0 Å². The van der Waals surface area contributed by atoms with Crippen molar-refractivity contribution >= 4 is 11.8 Å². The summed E-state index contributed by atoms with van der Waals surface area (Å²) in [5, 5.41) is 0. The van der Waals surface area contributed by atoms with Crippen LogP contribution in [0, 0.1) is 17.6 Å². The molecule has 0 amide bonds. The van der Waals surface area contributed by atoms with Crippen LogP contribution in [0.25, 0.3) is 0 Å². The molecule has 2 aliphatic rings. The summed E-state index contributed by atoms with van der Waals surface area (Å²) >= 11 is 1.90. The predicted molar refractivity (Wildman–Crippen MR) is 79.8 cm³/mol. The number of hydrazine groups is 1. The van der Waals surface area contributed by atoms with E-state index in [4.69, 9.17) is 10.6 Å². The smallest absolute Gasteiger partial charge is 0.130 e. The molecule has 0 bridgehead atoms. The van der Waals surface area contributed by atoms with E-state index in [1.807, 2.05) is 11.8 Å². The number of rotatable bonds is 3. The summed E-state index contributed by atoms with van der Waals surface area (Å²) in [6.45, 7) is 0.673. The minimum atomic E-state index is -0.567. The van der Waals surface area contributed by atoms with Crippen molar-refractivity contribution in [3.8, 4) is 0 Å². The normalized spacial score (nSPS) is 30.7. The summed E-state index contributed by atoms with van der Waals surface area (Å²) in [6.07, 6.45) is 2.74. The van der Waals surface area contributed by atoms with E-state index in [1.165, 1.54) is 12.1 Å².